The van der Waals surface area contributed by atoms with Crippen molar-refractivity contribution in [2.45, 2.75) is 58.4 Å². The summed E-state index contributed by atoms with van der Waals surface area (Å²) in [6.07, 6.45) is 7.37. The number of aromatic amines is 1. The van der Waals surface area contributed by atoms with Gasteiger partial charge in [0.15, 0.2) is 0 Å². The van der Waals surface area contributed by atoms with Crippen molar-refractivity contribution in [3.63, 3.8) is 0 Å². The van der Waals surface area contributed by atoms with Gasteiger partial charge in [0.05, 0.1) is 5.39 Å². The fraction of sp³-hybridized carbons (Fsp3) is 0.526. The number of H-pyrrole nitrogens is 1. The Labute approximate surface area is 166 Å². The second-order valence-electron chi connectivity index (χ2n) is 7.04. The van der Waals surface area contributed by atoms with Crippen LogP contribution in [0.1, 0.15) is 48.3 Å². The lowest BCUT2D eigenvalue weighted by Gasteiger charge is -2.09. The number of hydrogen-bond acceptors (Lipinski definition) is 6. The van der Waals surface area contributed by atoms with Gasteiger partial charge in [-0.2, -0.15) is 0 Å². The molecule has 0 aliphatic heterocycles. The van der Waals surface area contributed by atoms with Crippen LogP contribution in [-0.2, 0) is 37.0 Å². The zero-order chi connectivity index (χ0) is 19.5. The molecule has 0 unspecified atom stereocenters. The van der Waals surface area contributed by atoms with Gasteiger partial charge in [-0.15, -0.1) is 21.5 Å². The highest BCUT2D eigenvalue weighted by atomic mass is 32.1. The SMILES string of the molecule is CCn1cnnc1CCNC(=O)CCc1nc2sc3c(c2c(=O)[nH]1)CCCC3. The molecule has 148 valence electrons. The average molecular weight is 401 g/mol. The van der Waals surface area contributed by atoms with Crippen molar-refractivity contribution in [3.8, 4) is 0 Å². The number of carbonyl (C=O) groups excluding carboxylic acids is 1. The fourth-order valence-electron chi connectivity index (χ4n) is 3.70. The summed E-state index contributed by atoms with van der Waals surface area (Å²) in [5, 5.41) is 11.6. The van der Waals surface area contributed by atoms with Crippen molar-refractivity contribution < 1.29 is 4.79 Å². The van der Waals surface area contributed by atoms with Crippen LogP contribution in [0.15, 0.2) is 11.1 Å². The van der Waals surface area contributed by atoms with E-state index < -0.39 is 0 Å². The molecule has 0 aromatic carbocycles. The second kappa shape index (κ2) is 8.22. The van der Waals surface area contributed by atoms with Crippen LogP contribution in [0, 0.1) is 0 Å². The molecule has 9 heteroatoms. The monoisotopic (exact) mass is 400 g/mol. The number of aromatic nitrogens is 5. The van der Waals surface area contributed by atoms with Crippen LogP contribution in [-0.4, -0.2) is 37.2 Å². The molecule has 1 amide bonds. The van der Waals surface area contributed by atoms with E-state index in [-0.39, 0.29) is 11.5 Å². The maximum Gasteiger partial charge on any atom is 0.259 e. The van der Waals surface area contributed by atoms with Crippen LogP contribution >= 0.6 is 11.3 Å². The van der Waals surface area contributed by atoms with Crippen LogP contribution in [0.25, 0.3) is 10.2 Å². The summed E-state index contributed by atoms with van der Waals surface area (Å²) in [7, 11) is 0. The molecule has 0 bridgehead atoms. The van der Waals surface area contributed by atoms with Crippen LogP contribution in [0.5, 0.6) is 0 Å². The van der Waals surface area contributed by atoms with Gasteiger partial charge in [0.1, 0.15) is 22.8 Å². The minimum atomic E-state index is -0.0706. The molecule has 0 radical (unpaired) electrons. The molecule has 1 aliphatic rings. The van der Waals surface area contributed by atoms with Crippen LogP contribution in [0.4, 0.5) is 0 Å². The molecule has 0 saturated carbocycles. The molecule has 4 rings (SSSR count). The lowest BCUT2D eigenvalue weighted by Crippen LogP contribution is -2.27. The Kier molecular flexibility index (Phi) is 5.52. The Balaban J connectivity index is 1.35. The van der Waals surface area contributed by atoms with Gasteiger partial charge in [0, 0.05) is 37.2 Å². The highest BCUT2D eigenvalue weighted by Gasteiger charge is 2.19. The summed E-state index contributed by atoms with van der Waals surface area (Å²) in [5.74, 6) is 1.38. The van der Waals surface area contributed by atoms with Gasteiger partial charge >= 0.3 is 0 Å². The normalized spacial score (nSPS) is 13.6. The quantitative estimate of drug-likeness (QED) is 0.629. The third kappa shape index (κ3) is 3.84. The summed E-state index contributed by atoms with van der Waals surface area (Å²) in [6, 6.07) is 0. The highest BCUT2D eigenvalue weighted by molar-refractivity contribution is 7.18. The van der Waals surface area contributed by atoms with E-state index in [1.807, 2.05) is 11.5 Å². The van der Waals surface area contributed by atoms with Crippen LogP contribution in [0.3, 0.4) is 0 Å². The fourth-order valence-corrected chi connectivity index (χ4v) is 4.98. The molecule has 28 heavy (non-hydrogen) atoms. The lowest BCUT2D eigenvalue weighted by atomic mass is 9.97. The maximum absolute atomic E-state index is 12.5. The lowest BCUT2D eigenvalue weighted by molar-refractivity contribution is -0.121. The first-order chi connectivity index (χ1) is 13.7. The molecule has 1 aliphatic carbocycles. The standard InChI is InChI=1S/C19H24N6O2S/c1-2-25-11-21-24-15(25)9-10-20-16(26)8-7-14-22-18(27)17-12-5-3-4-6-13(12)28-19(17)23-14/h11H,2-10H2,1H3,(H,20,26)(H,22,23,27). The highest BCUT2D eigenvalue weighted by Crippen LogP contribution is 2.33. The molecule has 0 fully saturated rings. The van der Waals surface area contributed by atoms with Gasteiger partial charge in [-0.1, -0.05) is 0 Å². The molecule has 3 aromatic rings. The zero-order valence-corrected chi connectivity index (χ0v) is 16.8. The van der Waals surface area contributed by atoms with E-state index in [0.29, 0.717) is 31.6 Å². The van der Waals surface area contributed by atoms with E-state index in [1.165, 1.54) is 16.9 Å². The molecule has 8 nitrogen and oxygen atoms in total. The topological polar surface area (TPSA) is 106 Å². The summed E-state index contributed by atoms with van der Waals surface area (Å²) >= 11 is 1.63. The number of hydrogen-bond donors (Lipinski definition) is 2. The van der Waals surface area contributed by atoms with Crippen molar-refractivity contribution in [1.29, 1.82) is 0 Å². The maximum atomic E-state index is 12.5. The minimum absolute atomic E-state index is 0.0595. The minimum Gasteiger partial charge on any atom is -0.356 e. The molecular formula is C19H24N6O2S. The Morgan fingerprint density at radius 3 is 3.04 bits per heavy atom. The van der Waals surface area contributed by atoms with E-state index >= 15 is 0 Å². The zero-order valence-electron chi connectivity index (χ0n) is 16.0. The smallest absolute Gasteiger partial charge is 0.259 e. The number of amides is 1. The van der Waals surface area contributed by atoms with Gasteiger partial charge in [-0.25, -0.2) is 4.98 Å². The van der Waals surface area contributed by atoms with E-state index in [1.54, 1.807) is 17.7 Å². The van der Waals surface area contributed by atoms with E-state index in [2.05, 4.69) is 25.5 Å². The van der Waals surface area contributed by atoms with E-state index in [9.17, 15) is 9.59 Å². The van der Waals surface area contributed by atoms with Gasteiger partial charge in [0.2, 0.25) is 5.91 Å². The van der Waals surface area contributed by atoms with E-state index in [0.717, 1.165) is 41.8 Å². The molecular weight excluding hydrogens is 376 g/mol. The number of nitrogens with one attached hydrogen (secondary N) is 2. The Morgan fingerprint density at radius 1 is 1.32 bits per heavy atom. The molecule has 2 N–H and O–H groups in total. The van der Waals surface area contributed by atoms with Crippen molar-refractivity contribution in [2.24, 2.45) is 0 Å². The van der Waals surface area contributed by atoms with Gasteiger partial charge in [-0.05, 0) is 38.2 Å². The molecule has 3 aromatic heterocycles. The summed E-state index contributed by atoms with van der Waals surface area (Å²) in [6.45, 7) is 3.35. The van der Waals surface area contributed by atoms with Crippen LogP contribution in [0.2, 0.25) is 0 Å². The first-order valence-electron chi connectivity index (χ1n) is 9.82. The van der Waals surface area contributed by atoms with E-state index in [4.69, 9.17) is 0 Å². The van der Waals surface area contributed by atoms with Gasteiger partial charge < -0.3 is 14.9 Å². The Bertz CT molecular complexity index is 1050. The first-order valence-corrected chi connectivity index (χ1v) is 10.6. The summed E-state index contributed by atoms with van der Waals surface area (Å²) < 4.78 is 1.96. The number of fused-ring (bicyclic) bond motifs is 3. The number of thiophene rings is 1. The van der Waals surface area contributed by atoms with Crippen molar-refractivity contribution in [3.05, 3.63) is 38.8 Å². The van der Waals surface area contributed by atoms with Gasteiger partial charge in [-0.3, -0.25) is 9.59 Å². The number of carbonyl (C=O) groups is 1. The van der Waals surface area contributed by atoms with Crippen molar-refractivity contribution in [2.75, 3.05) is 6.54 Å². The Hall–Kier alpha value is -2.55. The predicted molar refractivity (Wildman–Crippen MR) is 108 cm³/mol. The molecule has 3 heterocycles. The number of aryl methyl sites for hydroxylation is 4. The summed E-state index contributed by atoms with van der Waals surface area (Å²) in [4.78, 5) is 34.3. The van der Waals surface area contributed by atoms with Crippen molar-refractivity contribution >= 4 is 27.5 Å². The molecule has 0 spiro atoms. The first kappa shape index (κ1) is 18.8. The Morgan fingerprint density at radius 2 is 2.18 bits per heavy atom. The number of nitrogens with zero attached hydrogens (tertiary/aromatic N) is 4. The summed E-state index contributed by atoms with van der Waals surface area (Å²) in [5.41, 5.74) is 1.11. The number of rotatable bonds is 7. The third-order valence-electron chi connectivity index (χ3n) is 5.17. The largest absolute Gasteiger partial charge is 0.356 e. The average Bonchev–Trinajstić information content (AvgIpc) is 3.30. The van der Waals surface area contributed by atoms with Crippen LogP contribution < -0.4 is 10.9 Å². The molecule has 0 saturated heterocycles. The molecule has 0 atom stereocenters. The van der Waals surface area contributed by atoms with Crippen molar-refractivity contribution in [1.82, 2.24) is 30.0 Å². The predicted octanol–water partition coefficient (Wildman–Crippen LogP) is 1.77. The van der Waals surface area contributed by atoms with Gasteiger partial charge in [0.25, 0.3) is 5.56 Å². The second-order valence-corrected chi connectivity index (χ2v) is 8.12. The third-order valence-corrected chi connectivity index (χ3v) is 6.36.